The largest absolute Gasteiger partial charge is 0.350 e. The topological polar surface area (TPSA) is 72.2 Å². The van der Waals surface area contributed by atoms with Crippen molar-refractivity contribution < 1.29 is 9.13 Å². The van der Waals surface area contributed by atoms with Crippen molar-refractivity contribution in [2.45, 2.75) is 5.75 Å². The molecule has 1 N–H and O–H groups in total. The van der Waals surface area contributed by atoms with Crippen LogP contribution in [-0.2, 0) is 16.6 Å². The summed E-state index contributed by atoms with van der Waals surface area (Å²) in [5.74, 6) is 0.330. The van der Waals surface area contributed by atoms with Gasteiger partial charge in [-0.2, -0.15) is 0 Å². The standard InChI is InChI=1S/C14H12BrClN2O3S/c1-22(21)8-9-6-11(3-4-12(9)16)17-13-5-2-10(15)7-14(13)18(19)20/h2-7,17H,8H2,1H3. The first-order chi connectivity index (χ1) is 10.4. The van der Waals surface area contributed by atoms with Crippen LogP contribution in [-0.4, -0.2) is 15.4 Å². The fraction of sp³-hybridized carbons (Fsp3) is 0.143. The van der Waals surface area contributed by atoms with E-state index in [2.05, 4.69) is 21.2 Å². The van der Waals surface area contributed by atoms with Crippen molar-refractivity contribution in [3.05, 3.63) is 61.6 Å². The fourth-order valence-electron chi connectivity index (χ4n) is 1.90. The summed E-state index contributed by atoms with van der Waals surface area (Å²) in [6, 6.07) is 9.91. The first-order valence-electron chi connectivity index (χ1n) is 6.16. The van der Waals surface area contributed by atoms with E-state index in [4.69, 9.17) is 11.6 Å². The highest BCUT2D eigenvalue weighted by Gasteiger charge is 2.15. The molecule has 0 saturated heterocycles. The Bertz CT molecular complexity index is 755. The Morgan fingerprint density at radius 3 is 2.68 bits per heavy atom. The number of nitro benzene ring substituents is 1. The number of nitrogens with zero attached hydrogens (tertiary/aromatic N) is 1. The molecule has 0 aliphatic heterocycles. The van der Waals surface area contributed by atoms with Crippen LogP contribution in [0, 0.1) is 10.1 Å². The second-order valence-corrected chi connectivity index (χ2v) is 7.33. The normalized spacial score (nSPS) is 12.0. The monoisotopic (exact) mass is 402 g/mol. The van der Waals surface area contributed by atoms with Crippen molar-refractivity contribution in [2.24, 2.45) is 0 Å². The molecule has 2 aromatic rings. The van der Waals surface area contributed by atoms with Gasteiger partial charge in [-0.3, -0.25) is 14.3 Å². The van der Waals surface area contributed by atoms with Crippen LogP contribution >= 0.6 is 27.5 Å². The fourth-order valence-corrected chi connectivity index (χ4v) is 3.19. The Balaban J connectivity index is 2.35. The van der Waals surface area contributed by atoms with E-state index in [1.165, 1.54) is 6.07 Å². The lowest BCUT2D eigenvalue weighted by molar-refractivity contribution is -0.384. The summed E-state index contributed by atoms with van der Waals surface area (Å²) in [5, 5.41) is 14.6. The van der Waals surface area contributed by atoms with Crippen molar-refractivity contribution in [3.8, 4) is 0 Å². The van der Waals surface area contributed by atoms with Crippen molar-refractivity contribution >= 4 is 55.4 Å². The number of hydrogen-bond acceptors (Lipinski definition) is 4. The Hall–Kier alpha value is -1.44. The van der Waals surface area contributed by atoms with Gasteiger partial charge in [-0.25, -0.2) is 0 Å². The second kappa shape index (κ2) is 7.21. The number of halogens is 2. The van der Waals surface area contributed by atoms with Crippen LogP contribution in [0.4, 0.5) is 17.1 Å². The van der Waals surface area contributed by atoms with E-state index in [0.29, 0.717) is 26.6 Å². The summed E-state index contributed by atoms with van der Waals surface area (Å²) in [6.45, 7) is 0. The SMILES string of the molecule is CS(=O)Cc1cc(Nc2ccc(Br)cc2[N+](=O)[O-])ccc1Cl. The van der Waals surface area contributed by atoms with E-state index >= 15 is 0 Å². The van der Waals surface area contributed by atoms with E-state index in [0.717, 1.165) is 5.56 Å². The Morgan fingerprint density at radius 2 is 2.05 bits per heavy atom. The summed E-state index contributed by atoms with van der Waals surface area (Å²) in [6.07, 6.45) is 1.59. The maximum absolute atomic E-state index is 11.4. The Morgan fingerprint density at radius 1 is 1.32 bits per heavy atom. The Kier molecular flexibility index (Phi) is 5.55. The maximum atomic E-state index is 11.4. The van der Waals surface area contributed by atoms with E-state index in [1.54, 1.807) is 36.6 Å². The van der Waals surface area contributed by atoms with Crippen LogP contribution in [0.2, 0.25) is 5.02 Å². The molecule has 0 fully saturated rings. The maximum Gasteiger partial charge on any atom is 0.293 e. The molecule has 0 heterocycles. The number of benzene rings is 2. The zero-order valence-electron chi connectivity index (χ0n) is 11.5. The van der Waals surface area contributed by atoms with Gasteiger partial charge in [0.1, 0.15) is 5.69 Å². The first-order valence-corrected chi connectivity index (χ1v) is 9.06. The lowest BCUT2D eigenvalue weighted by Crippen LogP contribution is -1.99. The summed E-state index contributed by atoms with van der Waals surface area (Å²) in [7, 11) is -1.02. The molecule has 2 aromatic carbocycles. The van der Waals surface area contributed by atoms with Gasteiger partial charge in [0, 0.05) is 44.1 Å². The molecule has 0 aliphatic carbocycles. The van der Waals surface area contributed by atoms with Gasteiger partial charge in [0.2, 0.25) is 0 Å². The van der Waals surface area contributed by atoms with Gasteiger partial charge in [0.15, 0.2) is 0 Å². The predicted octanol–water partition coefficient (Wildman–Crippen LogP) is 4.63. The molecule has 22 heavy (non-hydrogen) atoms. The molecule has 2 rings (SSSR count). The number of hydrogen-bond donors (Lipinski definition) is 1. The summed E-state index contributed by atoms with van der Waals surface area (Å²) < 4.78 is 12.0. The molecular weight excluding hydrogens is 392 g/mol. The number of rotatable bonds is 5. The molecule has 0 aliphatic rings. The summed E-state index contributed by atoms with van der Waals surface area (Å²) in [4.78, 5) is 10.7. The Labute approximate surface area is 143 Å². The molecule has 0 radical (unpaired) electrons. The van der Waals surface area contributed by atoms with Gasteiger partial charge < -0.3 is 5.32 Å². The average Bonchev–Trinajstić information content (AvgIpc) is 2.43. The number of nitro groups is 1. The van der Waals surface area contributed by atoms with E-state index < -0.39 is 15.7 Å². The third kappa shape index (κ3) is 4.28. The van der Waals surface area contributed by atoms with Crippen LogP contribution in [0.5, 0.6) is 0 Å². The van der Waals surface area contributed by atoms with Gasteiger partial charge in [0.25, 0.3) is 5.69 Å². The molecule has 0 saturated carbocycles. The van der Waals surface area contributed by atoms with E-state index in [1.807, 2.05) is 0 Å². The number of anilines is 2. The molecule has 1 atom stereocenters. The molecule has 8 heteroatoms. The summed E-state index contributed by atoms with van der Waals surface area (Å²) >= 11 is 9.28. The molecule has 0 aromatic heterocycles. The highest BCUT2D eigenvalue weighted by atomic mass is 79.9. The highest BCUT2D eigenvalue weighted by molar-refractivity contribution is 9.10. The number of nitrogens with one attached hydrogen (secondary N) is 1. The third-order valence-electron chi connectivity index (χ3n) is 2.84. The predicted molar refractivity (Wildman–Crippen MR) is 93.3 cm³/mol. The molecule has 5 nitrogen and oxygen atoms in total. The average molecular weight is 404 g/mol. The molecule has 0 spiro atoms. The van der Waals surface area contributed by atoms with Gasteiger partial charge in [0.05, 0.1) is 4.92 Å². The first kappa shape index (κ1) is 16.9. The lowest BCUT2D eigenvalue weighted by atomic mass is 10.2. The summed E-state index contributed by atoms with van der Waals surface area (Å²) in [5.41, 5.74) is 1.71. The third-order valence-corrected chi connectivity index (χ3v) is 4.42. The van der Waals surface area contributed by atoms with E-state index in [-0.39, 0.29) is 5.69 Å². The van der Waals surface area contributed by atoms with Crippen LogP contribution in [0.25, 0.3) is 0 Å². The lowest BCUT2D eigenvalue weighted by Gasteiger charge is -2.10. The van der Waals surface area contributed by atoms with E-state index in [9.17, 15) is 14.3 Å². The minimum absolute atomic E-state index is 0.0371. The van der Waals surface area contributed by atoms with Crippen LogP contribution in [0.1, 0.15) is 5.56 Å². The quantitative estimate of drug-likeness (QED) is 0.583. The van der Waals surface area contributed by atoms with Crippen molar-refractivity contribution in [3.63, 3.8) is 0 Å². The molecule has 1 unspecified atom stereocenters. The smallest absolute Gasteiger partial charge is 0.293 e. The molecule has 0 amide bonds. The van der Waals surface area contributed by atoms with Crippen molar-refractivity contribution in [2.75, 3.05) is 11.6 Å². The molecular formula is C14H12BrClN2O3S. The van der Waals surface area contributed by atoms with Crippen molar-refractivity contribution in [1.82, 2.24) is 0 Å². The van der Waals surface area contributed by atoms with Crippen molar-refractivity contribution in [1.29, 1.82) is 0 Å². The van der Waals surface area contributed by atoms with Gasteiger partial charge in [-0.05, 0) is 35.9 Å². The highest BCUT2D eigenvalue weighted by Crippen LogP contribution is 2.31. The van der Waals surface area contributed by atoms with Gasteiger partial charge in [-0.15, -0.1) is 0 Å². The van der Waals surface area contributed by atoms with Gasteiger partial charge in [-0.1, -0.05) is 27.5 Å². The second-order valence-electron chi connectivity index (χ2n) is 4.57. The minimum atomic E-state index is -1.02. The zero-order valence-corrected chi connectivity index (χ0v) is 14.7. The van der Waals surface area contributed by atoms with Crippen LogP contribution < -0.4 is 5.32 Å². The zero-order chi connectivity index (χ0) is 16.3. The molecule has 116 valence electrons. The molecule has 0 bridgehead atoms. The van der Waals surface area contributed by atoms with Crippen LogP contribution in [0.15, 0.2) is 40.9 Å². The van der Waals surface area contributed by atoms with Gasteiger partial charge >= 0.3 is 0 Å². The van der Waals surface area contributed by atoms with Crippen LogP contribution in [0.3, 0.4) is 0 Å². The minimum Gasteiger partial charge on any atom is -0.350 e.